The number of carbonyl (C=O) groups is 3. The Morgan fingerprint density at radius 1 is 0.469 bits per heavy atom. The molecule has 0 N–H and O–H groups in total. The zero-order valence-electron chi connectivity index (χ0n) is 42.3. The number of hydrogen-bond acceptors (Lipinski definition) is 9. The molecule has 372 valence electrons. The van der Waals surface area contributed by atoms with E-state index in [0.717, 1.165) is 127 Å². The molecule has 0 aliphatic heterocycles. The largest absolute Gasteiger partial charge is 0.494 e. The third-order valence-electron chi connectivity index (χ3n) is 12.1. The average Bonchev–Trinajstić information content (AvgIpc) is 3.28. The minimum absolute atomic E-state index is 0.0209. The van der Waals surface area contributed by atoms with E-state index in [0.29, 0.717) is 44.8 Å². The third-order valence-corrected chi connectivity index (χ3v) is 12.1. The molecule has 0 unspecified atom stereocenters. The predicted molar refractivity (Wildman–Crippen MR) is 265 cm³/mol. The van der Waals surface area contributed by atoms with Crippen molar-refractivity contribution >= 4 is 17.9 Å². The molecule has 1 aromatic carbocycles. The summed E-state index contributed by atoms with van der Waals surface area (Å²) in [5.74, 6) is 1.15. The van der Waals surface area contributed by atoms with Crippen molar-refractivity contribution in [1.82, 2.24) is 4.90 Å². The van der Waals surface area contributed by atoms with E-state index >= 15 is 0 Å². The van der Waals surface area contributed by atoms with Crippen LogP contribution in [0.15, 0.2) is 18.2 Å². The minimum Gasteiger partial charge on any atom is -0.494 e. The summed E-state index contributed by atoms with van der Waals surface area (Å²) in [7, 11) is 4.00. The van der Waals surface area contributed by atoms with Gasteiger partial charge in [0.2, 0.25) is 0 Å². The van der Waals surface area contributed by atoms with Gasteiger partial charge >= 0.3 is 17.9 Å². The molecule has 0 atom stereocenters. The first-order valence-electron chi connectivity index (χ1n) is 26.8. The van der Waals surface area contributed by atoms with E-state index in [1.807, 2.05) is 32.3 Å². The molecule has 1 rings (SSSR count). The quantitative estimate of drug-likeness (QED) is 0.0359. The van der Waals surface area contributed by atoms with Gasteiger partial charge in [-0.3, -0.25) is 14.4 Å². The molecule has 0 amide bonds. The molecule has 0 aliphatic carbocycles. The van der Waals surface area contributed by atoms with Crippen molar-refractivity contribution in [1.29, 1.82) is 0 Å². The van der Waals surface area contributed by atoms with Gasteiger partial charge in [0, 0.05) is 24.8 Å². The van der Waals surface area contributed by atoms with Crippen LogP contribution in [0.1, 0.15) is 251 Å². The van der Waals surface area contributed by atoms with E-state index in [9.17, 15) is 14.4 Å². The maximum absolute atomic E-state index is 12.8. The summed E-state index contributed by atoms with van der Waals surface area (Å²) in [5.41, 5.74) is 0.807. The summed E-state index contributed by atoms with van der Waals surface area (Å²) < 4.78 is 29.5. The first kappa shape index (κ1) is 59.2. The van der Waals surface area contributed by atoms with Crippen molar-refractivity contribution in [2.75, 3.05) is 40.5 Å². The maximum Gasteiger partial charge on any atom is 0.306 e. The minimum atomic E-state index is -0.213. The third kappa shape index (κ3) is 37.4. The smallest absolute Gasteiger partial charge is 0.306 e. The number of esters is 3. The fourth-order valence-corrected chi connectivity index (χ4v) is 7.97. The second-order valence-corrected chi connectivity index (χ2v) is 18.6. The molecule has 0 saturated carbocycles. The van der Waals surface area contributed by atoms with E-state index in [4.69, 9.17) is 23.7 Å². The van der Waals surface area contributed by atoms with Crippen LogP contribution < -0.4 is 9.47 Å². The lowest BCUT2D eigenvalue weighted by atomic mass is 10.0. The van der Waals surface area contributed by atoms with Crippen molar-refractivity contribution in [2.45, 2.75) is 258 Å². The first-order chi connectivity index (χ1) is 31.3. The molecule has 0 spiro atoms. The molecule has 9 heteroatoms. The zero-order chi connectivity index (χ0) is 46.6. The van der Waals surface area contributed by atoms with Crippen LogP contribution in [0, 0.1) is 0 Å². The maximum atomic E-state index is 12.8. The topological polar surface area (TPSA) is 101 Å². The van der Waals surface area contributed by atoms with Gasteiger partial charge in [0.25, 0.3) is 0 Å². The van der Waals surface area contributed by atoms with E-state index in [-0.39, 0.29) is 30.6 Å². The highest BCUT2D eigenvalue weighted by molar-refractivity contribution is 5.70. The van der Waals surface area contributed by atoms with Crippen LogP contribution in [0.2, 0.25) is 0 Å². The summed E-state index contributed by atoms with van der Waals surface area (Å²) in [6, 6.07) is 5.79. The molecule has 0 saturated heterocycles. The van der Waals surface area contributed by atoms with Gasteiger partial charge in [-0.1, -0.05) is 162 Å². The van der Waals surface area contributed by atoms with E-state index in [1.165, 1.54) is 96.3 Å². The number of ether oxygens (including phenoxy) is 5. The van der Waals surface area contributed by atoms with Crippen LogP contribution in [-0.2, 0) is 35.2 Å². The molecule has 1 aromatic rings. The Hall–Kier alpha value is -2.81. The monoisotopic (exact) mass is 902 g/mol. The number of nitrogens with zero attached hydrogens (tertiary/aromatic N) is 1. The fraction of sp³-hybridized carbons (Fsp3) is 0.836. The predicted octanol–water partition coefficient (Wildman–Crippen LogP) is 15.2. The van der Waals surface area contributed by atoms with Crippen molar-refractivity contribution in [3.63, 3.8) is 0 Å². The standard InChI is InChI=1S/C55H99NO8/c1-6-9-12-15-18-25-34-46-62-53(57)38-30-23-19-27-33-45-61-52-42-41-51(47-49(52)48-63-54(58)40-35-43-56(4)5)60-44-32-26-20-24-31-39-55(59)64-50(36-28-21-16-13-10-7-2)37-29-22-17-14-11-8-3/h41-42,47,50H,6-40,43-46,48H2,1-5H3. The van der Waals surface area contributed by atoms with Crippen LogP contribution in [0.25, 0.3) is 0 Å². The molecule has 0 aliphatic rings. The van der Waals surface area contributed by atoms with Crippen LogP contribution in [-0.4, -0.2) is 69.4 Å². The lowest BCUT2D eigenvalue weighted by Gasteiger charge is -2.18. The SMILES string of the molecule is CCCCCCCCCOC(=O)CCCCCCCOc1ccc(OCCCCCCCC(=O)OC(CCCCCCCC)CCCCCCCC)cc1COC(=O)CCCN(C)C. The Kier molecular flexibility index (Phi) is 40.7. The Morgan fingerprint density at radius 3 is 1.45 bits per heavy atom. The van der Waals surface area contributed by atoms with Crippen molar-refractivity contribution in [3.8, 4) is 11.5 Å². The number of unbranched alkanes of at least 4 members (excludes halogenated alkanes) is 24. The summed E-state index contributed by atoms with van der Waals surface area (Å²) in [5, 5.41) is 0. The van der Waals surface area contributed by atoms with Gasteiger partial charge in [-0.15, -0.1) is 0 Å². The Labute approximate surface area is 393 Å². The van der Waals surface area contributed by atoms with Gasteiger partial charge in [-0.25, -0.2) is 0 Å². The summed E-state index contributed by atoms with van der Waals surface area (Å²) in [6.45, 7) is 9.44. The fourth-order valence-electron chi connectivity index (χ4n) is 7.97. The Morgan fingerprint density at radius 2 is 0.906 bits per heavy atom. The number of hydrogen-bond donors (Lipinski definition) is 0. The molecule has 0 bridgehead atoms. The normalized spacial score (nSPS) is 11.4. The number of carbonyl (C=O) groups excluding carboxylic acids is 3. The van der Waals surface area contributed by atoms with Crippen LogP contribution >= 0.6 is 0 Å². The highest BCUT2D eigenvalue weighted by Gasteiger charge is 2.15. The van der Waals surface area contributed by atoms with Gasteiger partial charge in [-0.2, -0.15) is 0 Å². The summed E-state index contributed by atoms with van der Waals surface area (Å²) in [6.07, 6.45) is 37.7. The highest BCUT2D eigenvalue weighted by atomic mass is 16.5. The lowest BCUT2D eigenvalue weighted by molar-refractivity contribution is -0.150. The van der Waals surface area contributed by atoms with Crippen molar-refractivity contribution in [3.05, 3.63) is 23.8 Å². The lowest BCUT2D eigenvalue weighted by Crippen LogP contribution is -2.18. The number of benzene rings is 1. The molecule has 0 heterocycles. The van der Waals surface area contributed by atoms with E-state index in [1.54, 1.807) is 0 Å². The second-order valence-electron chi connectivity index (χ2n) is 18.6. The highest BCUT2D eigenvalue weighted by Crippen LogP contribution is 2.27. The molecular weight excluding hydrogens is 803 g/mol. The molecule has 0 aromatic heterocycles. The summed E-state index contributed by atoms with van der Waals surface area (Å²) in [4.78, 5) is 39.5. The Balaban J connectivity index is 2.42. The molecule has 0 radical (unpaired) electrons. The van der Waals surface area contributed by atoms with Crippen molar-refractivity contribution < 1.29 is 38.1 Å². The molecule has 64 heavy (non-hydrogen) atoms. The molecule has 0 fully saturated rings. The van der Waals surface area contributed by atoms with Gasteiger partial charge in [0.1, 0.15) is 24.2 Å². The van der Waals surface area contributed by atoms with E-state index < -0.39 is 0 Å². The zero-order valence-corrected chi connectivity index (χ0v) is 42.3. The van der Waals surface area contributed by atoms with Crippen LogP contribution in [0.4, 0.5) is 0 Å². The van der Waals surface area contributed by atoms with Gasteiger partial charge in [0.15, 0.2) is 0 Å². The van der Waals surface area contributed by atoms with Gasteiger partial charge in [0.05, 0.1) is 19.8 Å². The molecular formula is C55H99NO8. The first-order valence-corrected chi connectivity index (χ1v) is 26.8. The van der Waals surface area contributed by atoms with Crippen LogP contribution in [0.5, 0.6) is 11.5 Å². The Bertz CT molecular complexity index is 1220. The van der Waals surface area contributed by atoms with Crippen LogP contribution in [0.3, 0.4) is 0 Å². The summed E-state index contributed by atoms with van der Waals surface area (Å²) >= 11 is 0. The molecule has 9 nitrogen and oxygen atoms in total. The van der Waals surface area contributed by atoms with E-state index in [2.05, 4.69) is 25.7 Å². The average molecular weight is 902 g/mol. The second kappa shape index (κ2) is 44.0. The van der Waals surface area contributed by atoms with Gasteiger partial charge < -0.3 is 28.6 Å². The van der Waals surface area contributed by atoms with Gasteiger partial charge in [-0.05, 0) is 103 Å². The van der Waals surface area contributed by atoms with Crippen molar-refractivity contribution in [2.24, 2.45) is 0 Å². The number of rotatable bonds is 47.